The van der Waals surface area contributed by atoms with Gasteiger partial charge < -0.3 is 5.32 Å². The van der Waals surface area contributed by atoms with Gasteiger partial charge in [-0.05, 0) is 32.9 Å². The molecule has 1 atom stereocenters. The van der Waals surface area contributed by atoms with Gasteiger partial charge in [0.1, 0.15) is 5.82 Å². The summed E-state index contributed by atoms with van der Waals surface area (Å²) in [4.78, 5) is 12.4. The summed E-state index contributed by atoms with van der Waals surface area (Å²) in [6, 6.07) is 3.58. The standard InChI is InChI=1S/C15H21ClFNO3S/c1-5-22(20,21)9-10(2)18-14(19)15(3,4)12-7-6-11(16)8-13(12)17/h6-8,10H,5,9H2,1-4H3,(H,18,19)/t10-/m0/s1. The molecule has 0 aromatic heterocycles. The van der Waals surface area contributed by atoms with Crippen LogP contribution in [-0.4, -0.2) is 31.9 Å². The molecule has 0 spiro atoms. The Kier molecular flexibility index (Phi) is 5.98. The fraction of sp³-hybridized carbons (Fsp3) is 0.533. The molecule has 0 saturated carbocycles. The molecule has 0 aliphatic carbocycles. The zero-order valence-electron chi connectivity index (χ0n) is 13.1. The predicted octanol–water partition coefficient (Wildman–Crippen LogP) is 2.70. The van der Waals surface area contributed by atoms with Crippen LogP contribution in [0.5, 0.6) is 0 Å². The van der Waals surface area contributed by atoms with Crippen LogP contribution in [-0.2, 0) is 20.0 Å². The molecule has 4 nitrogen and oxygen atoms in total. The van der Waals surface area contributed by atoms with Crippen LogP contribution in [0.15, 0.2) is 18.2 Å². The lowest BCUT2D eigenvalue weighted by Gasteiger charge is -2.27. The number of benzene rings is 1. The molecular formula is C15H21ClFNO3S. The molecule has 1 rings (SSSR count). The minimum absolute atomic E-state index is 0.0163. The smallest absolute Gasteiger partial charge is 0.230 e. The molecule has 1 amide bonds. The van der Waals surface area contributed by atoms with Gasteiger partial charge in [-0.25, -0.2) is 12.8 Å². The molecule has 0 radical (unpaired) electrons. The quantitative estimate of drug-likeness (QED) is 0.858. The summed E-state index contributed by atoms with van der Waals surface area (Å²) in [6.45, 7) is 6.32. The summed E-state index contributed by atoms with van der Waals surface area (Å²) >= 11 is 5.71. The summed E-state index contributed by atoms with van der Waals surface area (Å²) in [5.74, 6) is -1.13. The maximum absolute atomic E-state index is 14.0. The molecule has 7 heteroatoms. The second-order valence-corrected chi connectivity index (χ2v) is 8.66. The average molecular weight is 350 g/mol. The molecule has 1 aromatic carbocycles. The largest absolute Gasteiger partial charge is 0.352 e. The van der Waals surface area contributed by atoms with Gasteiger partial charge >= 0.3 is 0 Å². The van der Waals surface area contributed by atoms with E-state index in [4.69, 9.17) is 11.6 Å². The maximum atomic E-state index is 14.0. The minimum atomic E-state index is -3.19. The molecule has 0 aliphatic heterocycles. The Bertz CT molecular complexity index is 659. The number of hydrogen-bond acceptors (Lipinski definition) is 3. The van der Waals surface area contributed by atoms with Crippen molar-refractivity contribution in [1.29, 1.82) is 0 Å². The summed E-state index contributed by atoms with van der Waals surface area (Å²) < 4.78 is 37.2. The first-order chi connectivity index (χ1) is 9.99. The van der Waals surface area contributed by atoms with Crippen LogP contribution in [0.2, 0.25) is 5.02 Å². The van der Waals surface area contributed by atoms with E-state index in [2.05, 4.69) is 5.32 Å². The Morgan fingerprint density at radius 2 is 2.00 bits per heavy atom. The van der Waals surface area contributed by atoms with E-state index in [0.717, 1.165) is 6.07 Å². The monoisotopic (exact) mass is 349 g/mol. The van der Waals surface area contributed by atoms with Crippen molar-refractivity contribution in [2.75, 3.05) is 11.5 Å². The number of sulfone groups is 1. The lowest BCUT2D eigenvalue weighted by molar-refractivity contribution is -0.126. The second-order valence-electron chi connectivity index (χ2n) is 5.82. The van der Waals surface area contributed by atoms with Crippen molar-refractivity contribution >= 4 is 27.3 Å². The van der Waals surface area contributed by atoms with E-state index >= 15 is 0 Å². The fourth-order valence-corrected chi connectivity index (χ4v) is 3.30. The summed E-state index contributed by atoms with van der Waals surface area (Å²) in [5.41, 5.74) is -0.932. The van der Waals surface area contributed by atoms with Gasteiger partial charge in [-0.15, -0.1) is 0 Å². The number of nitrogens with one attached hydrogen (secondary N) is 1. The van der Waals surface area contributed by atoms with E-state index < -0.39 is 33.0 Å². The van der Waals surface area contributed by atoms with Crippen LogP contribution in [0, 0.1) is 5.82 Å². The molecule has 0 fully saturated rings. The highest BCUT2D eigenvalue weighted by Gasteiger charge is 2.33. The van der Waals surface area contributed by atoms with Gasteiger partial charge in [-0.1, -0.05) is 24.6 Å². The number of halogens is 2. The molecule has 124 valence electrons. The van der Waals surface area contributed by atoms with Crippen LogP contribution >= 0.6 is 11.6 Å². The van der Waals surface area contributed by atoms with Crippen molar-refractivity contribution in [3.05, 3.63) is 34.6 Å². The van der Waals surface area contributed by atoms with Crippen LogP contribution in [0.4, 0.5) is 4.39 Å². The van der Waals surface area contributed by atoms with Gasteiger partial charge in [0.15, 0.2) is 9.84 Å². The molecule has 0 saturated heterocycles. The Morgan fingerprint density at radius 3 is 2.50 bits per heavy atom. The third-order valence-electron chi connectivity index (χ3n) is 3.49. The van der Waals surface area contributed by atoms with Gasteiger partial charge in [0.05, 0.1) is 11.2 Å². The first kappa shape index (κ1) is 18.9. The first-order valence-corrected chi connectivity index (χ1v) is 9.16. The van der Waals surface area contributed by atoms with Crippen LogP contribution in [0.3, 0.4) is 0 Å². The van der Waals surface area contributed by atoms with Crippen LogP contribution in [0.1, 0.15) is 33.3 Å². The minimum Gasteiger partial charge on any atom is -0.352 e. The highest BCUT2D eigenvalue weighted by atomic mass is 35.5. The highest BCUT2D eigenvalue weighted by molar-refractivity contribution is 7.91. The van der Waals surface area contributed by atoms with Crippen molar-refractivity contribution in [3.63, 3.8) is 0 Å². The molecule has 0 aliphatic rings. The SMILES string of the molecule is CCS(=O)(=O)C[C@H](C)NC(=O)C(C)(C)c1ccc(Cl)cc1F. The number of amides is 1. The molecule has 1 aromatic rings. The van der Waals surface area contributed by atoms with Crippen molar-refractivity contribution < 1.29 is 17.6 Å². The van der Waals surface area contributed by atoms with Crippen LogP contribution < -0.4 is 5.32 Å². The van der Waals surface area contributed by atoms with Gasteiger partial charge in [-0.2, -0.15) is 0 Å². The summed E-state index contributed by atoms with van der Waals surface area (Å²) in [7, 11) is -3.19. The van der Waals surface area contributed by atoms with E-state index in [1.165, 1.54) is 12.1 Å². The van der Waals surface area contributed by atoms with E-state index in [1.54, 1.807) is 27.7 Å². The Balaban J connectivity index is 2.91. The first-order valence-electron chi connectivity index (χ1n) is 6.96. The molecule has 0 bridgehead atoms. The molecule has 0 heterocycles. The molecule has 1 N–H and O–H groups in total. The van der Waals surface area contributed by atoms with Crippen molar-refractivity contribution in [2.45, 2.75) is 39.2 Å². The second kappa shape index (κ2) is 6.96. The van der Waals surface area contributed by atoms with E-state index in [0.29, 0.717) is 0 Å². The summed E-state index contributed by atoms with van der Waals surface area (Å²) in [6.07, 6.45) is 0. The number of carbonyl (C=O) groups is 1. The third-order valence-corrected chi connectivity index (χ3v) is 5.62. The fourth-order valence-electron chi connectivity index (χ4n) is 2.06. The van der Waals surface area contributed by atoms with Gasteiger partial charge in [-0.3, -0.25) is 4.79 Å². The number of rotatable bonds is 6. The van der Waals surface area contributed by atoms with E-state index in [1.807, 2.05) is 0 Å². The van der Waals surface area contributed by atoms with Gasteiger partial charge in [0.25, 0.3) is 0 Å². The van der Waals surface area contributed by atoms with Gasteiger partial charge in [0.2, 0.25) is 5.91 Å². The lowest BCUT2D eigenvalue weighted by atomic mass is 9.83. The summed E-state index contributed by atoms with van der Waals surface area (Å²) in [5, 5.41) is 2.88. The predicted molar refractivity (Wildman–Crippen MR) is 86.4 cm³/mol. The van der Waals surface area contributed by atoms with Crippen molar-refractivity contribution in [1.82, 2.24) is 5.32 Å². The van der Waals surface area contributed by atoms with E-state index in [9.17, 15) is 17.6 Å². The normalized spacial score (nSPS) is 13.7. The Hall–Kier alpha value is -1.14. The maximum Gasteiger partial charge on any atom is 0.230 e. The molecule has 0 unspecified atom stereocenters. The van der Waals surface area contributed by atoms with Crippen molar-refractivity contribution in [2.24, 2.45) is 0 Å². The zero-order valence-corrected chi connectivity index (χ0v) is 14.7. The topological polar surface area (TPSA) is 63.2 Å². The van der Waals surface area contributed by atoms with Crippen molar-refractivity contribution in [3.8, 4) is 0 Å². The zero-order chi connectivity index (χ0) is 17.1. The highest BCUT2D eigenvalue weighted by Crippen LogP contribution is 2.28. The average Bonchev–Trinajstić information content (AvgIpc) is 2.37. The number of carbonyl (C=O) groups excluding carboxylic acids is 1. The number of hydrogen-bond donors (Lipinski definition) is 1. The Labute approximate surface area is 136 Å². The van der Waals surface area contributed by atoms with Gasteiger partial charge in [0, 0.05) is 22.4 Å². The molecular weight excluding hydrogens is 329 g/mol. The Morgan fingerprint density at radius 1 is 1.41 bits per heavy atom. The third kappa shape index (κ3) is 4.68. The molecule has 22 heavy (non-hydrogen) atoms. The van der Waals surface area contributed by atoms with Crippen LogP contribution in [0.25, 0.3) is 0 Å². The van der Waals surface area contributed by atoms with E-state index in [-0.39, 0.29) is 22.1 Å². The lowest BCUT2D eigenvalue weighted by Crippen LogP contribution is -2.46.